The van der Waals surface area contributed by atoms with Gasteiger partial charge in [0.15, 0.2) is 5.65 Å². The van der Waals surface area contributed by atoms with E-state index in [1.165, 1.54) is 7.11 Å². The minimum Gasteiger partial charge on any atom is -0.479 e. The second-order valence-electron chi connectivity index (χ2n) is 11.2. The number of anilines is 3. The van der Waals surface area contributed by atoms with Crippen LogP contribution in [0.1, 0.15) is 40.2 Å². The van der Waals surface area contributed by atoms with Crippen LogP contribution >= 0.6 is 0 Å². The molecule has 3 aromatic heterocycles. The van der Waals surface area contributed by atoms with Gasteiger partial charge in [0.2, 0.25) is 5.88 Å². The standard InChI is InChI=1S/C27H36N8O4/c1-16-13-33(14-17(2)35(16)26(37)39-27(3,4)5)21-8-10-28-23-19(21)9-11-34(23)25(36)29-20-12-18-15-32(6)31-22(18)30-24(20)38-7/h8,10,12,15-17H,9,11,13-14H2,1-7H3,(H,29,36)/t16-,17+. The van der Waals surface area contributed by atoms with Gasteiger partial charge in [0.1, 0.15) is 17.1 Å². The zero-order valence-electron chi connectivity index (χ0n) is 23.6. The number of amides is 3. The number of ether oxygens (including phenoxy) is 2. The Morgan fingerprint density at radius 3 is 2.54 bits per heavy atom. The summed E-state index contributed by atoms with van der Waals surface area (Å²) in [6.45, 7) is 11.5. The summed E-state index contributed by atoms with van der Waals surface area (Å²) in [7, 11) is 3.33. The Balaban J connectivity index is 1.34. The van der Waals surface area contributed by atoms with Crippen LogP contribution in [0.15, 0.2) is 24.5 Å². The van der Waals surface area contributed by atoms with Crippen molar-refractivity contribution in [1.29, 1.82) is 0 Å². The van der Waals surface area contributed by atoms with E-state index in [1.54, 1.807) is 21.8 Å². The van der Waals surface area contributed by atoms with Crippen molar-refractivity contribution in [2.75, 3.05) is 41.9 Å². The molecule has 208 valence electrons. The Hall–Kier alpha value is -4.09. The molecular formula is C27H36N8O4. The summed E-state index contributed by atoms with van der Waals surface area (Å²) < 4.78 is 12.7. The number of methoxy groups -OCH3 is 1. The van der Waals surface area contributed by atoms with Crippen LogP contribution in [0.2, 0.25) is 0 Å². The first kappa shape index (κ1) is 26.5. The van der Waals surface area contributed by atoms with Crippen LogP contribution in [-0.2, 0) is 18.2 Å². The SMILES string of the molecule is COc1nc2nn(C)cc2cc1NC(=O)N1CCc2c(N3C[C@@H](C)N(C(=O)OC(C)(C)C)[C@@H](C)C3)ccnc21. The molecule has 1 fully saturated rings. The second-order valence-corrected chi connectivity index (χ2v) is 11.2. The van der Waals surface area contributed by atoms with Gasteiger partial charge in [-0.15, -0.1) is 0 Å². The van der Waals surface area contributed by atoms with Crippen molar-refractivity contribution in [3.8, 4) is 5.88 Å². The maximum absolute atomic E-state index is 13.4. The highest BCUT2D eigenvalue weighted by atomic mass is 16.6. The lowest BCUT2D eigenvalue weighted by molar-refractivity contribution is 0.00565. The number of piperazine rings is 1. The van der Waals surface area contributed by atoms with Crippen molar-refractivity contribution >= 4 is 40.4 Å². The second kappa shape index (κ2) is 9.90. The fraction of sp³-hybridized carbons (Fsp3) is 0.519. The van der Waals surface area contributed by atoms with Gasteiger partial charge in [-0.3, -0.25) is 14.5 Å². The van der Waals surface area contributed by atoms with Gasteiger partial charge in [-0.1, -0.05) is 0 Å². The summed E-state index contributed by atoms with van der Waals surface area (Å²) in [6.07, 6.45) is 3.96. The topological polar surface area (TPSA) is 118 Å². The Bertz CT molecular complexity index is 1400. The summed E-state index contributed by atoms with van der Waals surface area (Å²) in [4.78, 5) is 41.0. The molecule has 2 aliphatic rings. The van der Waals surface area contributed by atoms with Gasteiger partial charge in [0.05, 0.1) is 19.2 Å². The van der Waals surface area contributed by atoms with Crippen molar-refractivity contribution in [3.63, 3.8) is 0 Å². The van der Waals surface area contributed by atoms with Gasteiger partial charge in [-0.2, -0.15) is 10.1 Å². The van der Waals surface area contributed by atoms with E-state index in [0.717, 1.165) is 16.6 Å². The lowest BCUT2D eigenvalue weighted by atomic mass is 10.1. The van der Waals surface area contributed by atoms with Crippen LogP contribution in [0.25, 0.3) is 11.0 Å². The molecule has 12 nitrogen and oxygen atoms in total. The van der Waals surface area contributed by atoms with Gasteiger partial charge in [-0.05, 0) is 53.2 Å². The number of aryl methyl sites for hydroxylation is 1. The fourth-order valence-corrected chi connectivity index (χ4v) is 5.45. The number of rotatable bonds is 3. The molecule has 5 heterocycles. The van der Waals surface area contributed by atoms with Gasteiger partial charge >= 0.3 is 12.1 Å². The summed E-state index contributed by atoms with van der Waals surface area (Å²) >= 11 is 0. The number of urea groups is 1. The third kappa shape index (κ3) is 5.15. The van der Waals surface area contributed by atoms with Crippen LogP contribution in [0, 0.1) is 0 Å². The lowest BCUT2D eigenvalue weighted by Gasteiger charge is -2.45. The molecule has 2 aliphatic heterocycles. The van der Waals surface area contributed by atoms with Crippen LogP contribution < -0.4 is 19.9 Å². The van der Waals surface area contributed by atoms with E-state index in [1.807, 2.05) is 58.8 Å². The molecule has 0 bridgehead atoms. The number of nitrogens with zero attached hydrogens (tertiary/aromatic N) is 7. The van der Waals surface area contributed by atoms with Gasteiger partial charge in [0.25, 0.3) is 0 Å². The monoisotopic (exact) mass is 536 g/mol. The molecule has 12 heteroatoms. The first-order chi connectivity index (χ1) is 18.4. The van der Waals surface area contributed by atoms with Gasteiger partial charge in [0, 0.05) is 55.7 Å². The largest absolute Gasteiger partial charge is 0.479 e. The Morgan fingerprint density at radius 1 is 1.15 bits per heavy atom. The van der Waals surface area contributed by atoms with Crippen LogP contribution in [-0.4, -0.2) is 81.2 Å². The van der Waals surface area contributed by atoms with Gasteiger partial charge < -0.3 is 19.7 Å². The highest BCUT2D eigenvalue weighted by molar-refractivity contribution is 6.04. The zero-order chi connectivity index (χ0) is 28.1. The molecule has 39 heavy (non-hydrogen) atoms. The molecule has 0 aromatic carbocycles. The number of nitrogens with one attached hydrogen (secondary N) is 1. The molecule has 5 rings (SSSR count). The minimum absolute atomic E-state index is 0.0458. The molecular weight excluding hydrogens is 500 g/mol. The highest BCUT2D eigenvalue weighted by Crippen LogP contribution is 2.36. The van der Waals surface area contributed by atoms with Crippen molar-refractivity contribution in [2.24, 2.45) is 7.05 Å². The third-order valence-electron chi connectivity index (χ3n) is 6.97. The zero-order valence-corrected chi connectivity index (χ0v) is 23.6. The molecule has 2 atom stereocenters. The summed E-state index contributed by atoms with van der Waals surface area (Å²) in [5, 5.41) is 8.05. The Labute approximate surface area is 227 Å². The summed E-state index contributed by atoms with van der Waals surface area (Å²) in [5.74, 6) is 0.927. The number of fused-ring (bicyclic) bond motifs is 2. The van der Waals surface area contributed by atoms with Crippen molar-refractivity contribution in [3.05, 3.63) is 30.1 Å². The molecule has 0 spiro atoms. The van der Waals surface area contributed by atoms with Crippen molar-refractivity contribution in [1.82, 2.24) is 24.6 Å². The van der Waals surface area contributed by atoms with E-state index in [0.29, 0.717) is 49.1 Å². The molecule has 1 saturated heterocycles. The minimum atomic E-state index is -0.548. The maximum atomic E-state index is 13.4. The first-order valence-electron chi connectivity index (χ1n) is 13.2. The number of pyridine rings is 2. The molecule has 3 aromatic rings. The molecule has 0 aliphatic carbocycles. The van der Waals surface area contributed by atoms with E-state index in [4.69, 9.17) is 9.47 Å². The maximum Gasteiger partial charge on any atom is 0.410 e. The molecule has 1 N–H and O–H groups in total. The highest BCUT2D eigenvalue weighted by Gasteiger charge is 2.38. The normalized spacial score (nSPS) is 19.3. The molecule has 0 unspecified atom stereocenters. The number of carbonyl (C=O) groups is 2. The summed E-state index contributed by atoms with van der Waals surface area (Å²) in [5.41, 5.74) is 2.52. The predicted octanol–water partition coefficient (Wildman–Crippen LogP) is 3.80. The fourth-order valence-electron chi connectivity index (χ4n) is 5.45. The molecule has 0 radical (unpaired) electrons. The average Bonchev–Trinajstić information content (AvgIpc) is 3.44. The quantitative estimate of drug-likeness (QED) is 0.537. The van der Waals surface area contributed by atoms with Crippen LogP contribution in [0.3, 0.4) is 0 Å². The van der Waals surface area contributed by atoms with E-state index in [-0.39, 0.29) is 24.2 Å². The number of hydrogen-bond donors (Lipinski definition) is 1. The third-order valence-corrected chi connectivity index (χ3v) is 6.97. The van der Waals surface area contributed by atoms with Crippen molar-refractivity contribution < 1.29 is 19.1 Å². The Kier molecular flexibility index (Phi) is 6.73. The predicted molar refractivity (Wildman–Crippen MR) is 149 cm³/mol. The van der Waals surface area contributed by atoms with E-state index < -0.39 is 5.60 Å². The summed E-state index contributed by atoms with van der Waals surface area (Å²) in [6, 6.07) is 3.40. The molecule has 0 saturated carbocycles. The van der Waals surface area contributed by atoms with E-state index in [9.17, 15) is 9.59 Å². The van der Waals surface area contributed by atoms with Crippen molar-refractivity contribution in [2.45, 2.75) is 58.7 Å². The first-order valence-corrected chi connectivity index (χ1v) is 13.2. The molecule has 3 amide bonds. The Morgan fingerprint density at radius 2 is 1.87 bits per heavy atom. The average molecular weight is 537 g/mol. The number of aromatic nitrogens is 4. The number of hydrogen-bond acceptors (Lipinski definition) is 8. The number of carbonyl (C=O) groups excluding carboxylic acids is 2. The van der Waals surface area contributed by atoms with Crippen LogP contribution in [0.5, 0.6) is 5.88 Å². The van der Waals surface area contributed by atoms with E-state index >= 15 is 0 Å². The smallest absolute Gasteiger partial charge is 0.410 e. The van der Waals surface area contributed by atoms with Gasteiger partial charge in [-0.25, -0.2) is 14.6 Å². The lowest BCUT2D eigenvalue weighted by Crippen LogP contribution is -2.59. The van der Waals surface area contributed by atoms with Crippen LogP contribution in [0.4, 0.5) is 26.8 Å². The van der Waals surface area contributed by atoms with E-state index in [2.05, 4.69) is 25.3 Å².